The summed E-state index contributed by atoms with van der Waals surface area (Å²) in [6.07, 6.45) is 0. The fourth-order valence-electron chi connectivity index (χ4n) is 2.19. The van der Waals surface area contributed by atoms with E-state index >= 15 is 0 Å². The van der Waals surface area contributed by atoms with Crippen LogP contribution in [0.3, 0.4) is 0 Å². The molecule has 1 aliphatic heterocycles. The molecule has 2 aromatic carbocycles. The number of hydrogen-bond donors (Lipinski definition) is 2. The highest BCUT2D eigenvalue weighted by atomic mass is 35.5. The minimum absolute atomic E-state index is 0.0241. The van der Waals surface area contributed by atoms with Gasteiger partial charge in [0.2, 0.25) is 12.7 Å². The molecule has 6 nitrogen and oxygen atoms in total. The minimum Gasteiger partial charge on any atom is -0.454 e. The van der Waals surface area contributed by atoms with Crippen molar-refractivity contribution in [2.24, 2.45) is 0 Å². The van der Waals surface area contributed by atoms with Gasteiger partial charge in [-0.1, -0.05) is 11.6 Å². The molecule has 0 spiro atoms. The lowest BCUT2D eigenvalue weighted by Gasteiger charge is -2.10. The molecule has 0 saturated carbocycles. The summed E-state index contributed by atoms with van der Waals surface area (Å²) in [6.45, 7) is 1.30. The van der Waals surface area contributed by atoms with E-state index in [4.69, 9.17) is 21.1 Å². The molecule has 0 aromatic heterocycles. The fourth-order valence-corrected chi connectivity index (χ4v) is 2.46. The van der Waals surface area contributed by atoms with E-state index in [9.17, 15) is 14.0 Å². The molecule has 0 unspecified atom stereocenters. The Bertz CT molecular complexity index is 841. The number of benzene rings is 2. The van der Waals surface area contributed by atoms with Gasteiger partial charge in [0.05, 0.1) is 10.7 Å². The number of anilines is 2. The van der Waals surface area contributed by atoms with E-state index in [1.807, 2.05) is 0 Å². The van der Waals surface area contributed by atoms with Gasteiger partial charge in [0, 0.05) is 18.2 Å². The first kappa shape index (κ1) is 16.1. The largest absolute Gasteiger partial charge is 0.454 e. The fraction of sp³-hybridized carbons (Fsp3) is 0.125. The van der Waals surface area contributed by atoms with Gasteiger partial charge in [-0.25, -0.2) is 4.39 Å². The summed E-state index contributed by atoms with van der Waals surface area (Å²) in [5, 5.41) is 5.21. The Morgan fingerprint density at radius 2 is 1.96 bits per heavy atom. The molecule has 124 valence electrons. The van der Waals surface area contributed by atoms with Crippen molar-refractivity contribution < 1.29 is 23.5 Å². The molecule has 0 bridgehead atoms. The molecule has 0 radical (unpaired) electrons. The van der Waals surface area contributed by atoms with Gasteiger partial charge >= 0.3 is 0 Å². The minimum atomic E-state index is -0.602. The number of carbonyl (C=O) groups is 2. The van der Waals surface area contributed by atoms with Crippen molar-refractivity contribution in [3.8, 4) is 11.5 Å². The molecular weight excluding hydrogens is 339 g/mol. The van der Waals surface area contributed by atoms with E-state index in [-0.39, 0.29) is 23.1 Å². The molecule has 0 aliphatic carbocycles. The summed E-state index contributed by atoms with van der Waals surface area (Å²) >= 11 is 6.04. The Morgan fingerprint density at radius 1 is 1.17 bits per heavy atom. The predicted octanol–water partition coefficient (Wildman–Crippen LogP) is 3.42. The van der Waals surface area contributed by atoms with Crippen molar-refractivity contribution in [2.75, 3.05) is 17.4 Å². The normalized spacial score (nSPS) is 12.0. The van der Waals surface area contributed by atoms with E-state index < -0.39 is 17.6 Å². The van der Waals surface area contributed by atoms with Crippen LogP contribution in [0, 0.1) is 5.82 Å². The third kappa shape index (κ3) is 3.26. The number of nitrogens with one attached hydrogen (secondary N) is 2. The quantitative estimate of drug-likeness (QED) is 0.889. The van der Waals surface area contributed by atoms with Crippen molar-refractivity contribution in [1.29, 1.82) is 0 Å². The lowest BCUT2D eigenvalue weighted by atomic mass is 10.1. The zero-order valence-electron chi connectivity index (χ0n) is 12.5. The smallest absolute Gasteiger partial charge is 0.255 e. The van der Waals surface area contributed by atoms with Gasteiger partial charge in [0.15, 0.2) is 11.5 Å². The summed E-state index contributed by atoms with van der Waals surface area (Å²) in [6, 6.07) is 6.80. The first-order valence-electron chi connectivity index (χ1n) is 6.91. The molecule has 2 amide bonds. The zero-order chi connectivity index (χ0) is 17.3. The molecule has 0 fully saturated rings. The van der Waals surface area contributed by atoms with Crippen molar-refractivity contribution in [2.45, 2.75) is 6.92 Å². The second kappa shape index (κ2) is 6.37. The molecule has 2 N–H and O–H groups in total. The Morgan fingerprint density at radius 3 is 2.71 bits per heavy atom. The molecule has 8 heteroatoms. The second-order valence-corrected chi connectivity index (χ2v) is 5.43. The summed E-state index contributed by atoms with van der Waals surface area (Å²) in [5.41, 5.74) is 0.553. The van der Waals surface area contributed by atoms with Gasteiger partial charge in [-0.15, -0.1) is 0 Å². The van der Waals surface area contributed by atoms with Gasteiger partial charge in [-0.2, -0.15) is 0 Å². The number of amides is 2. The third-order valence-corrected chi connectivity index (χ3v) is 3.51. The number of halogens is 2. The average Bonchev–Trinajstić information content (AvgIpc) is 2.99. The van der Waals surface area contributed by atoms with Gasteiger partial charge in [0.1, 0.15) is 5.82 Å². The zero-order valence-corrected chi connectivity index (χ0v) is 13.2. The monoisotopic (exact) mass is 350 g/mol. The molecular formula is C16H12ClFN2O4. The molecule has 24 heavy (non-hydrogen) atoms. The Kier molecular flexibility index (Phi) is 4.26. The standard InChI is InChI=1S/C16H12ClFN2O4/c1-8(21)19-13-6-10(2-3-12(13)18)20-16(22)9-4-11(17)15-14(5-9)23-7-24-15/h2-6H,7H2,1H3,(H,19,21)(H,20,22). The highest BCUT2D eigenvalue weighted by molar-refractivity contribution is 6.32. The number of fused-ring (bicyclic) bond motifs is 1. The summed E-state index contributed by atoms with van der Waals surface area (Å²) < 4.78 is 24.0. The van der Waals surface area contributed by atoms with Crippen molar-refractivity contribution >= 4 is 34.8 Å². The maximum Gasteiger partial charge on any atom is 0.255 e. The maximum atomic E-state index is 13.6. The van der Waals surface area contributed by atoms with Crippen LogP contribution in [0.5, 0.6) is 11.5 Å². The topological polar surface area (TPSA) is 76.7 Å². The average molecular weight is 351 g/mol. The number of ether oxygens (including phenoxy) is 2. The van der Waals surface area contributed by atoms with Crippen LogP contribution in [0.15, 0.2) is 30.3 Å². The van der Waals surface area contributed by atoms with Gasteiger partial charge in [0.25, 0.3) is 5.91 Å². The number of carbonyl (C=O) groups excluding carboxylic acids is 2. The molecule has 1 aliphatic rings. The summed E-state index contributed by atoms with van der Waals surface area (Å²) in [7, 11) is 0. The lowest BCUT2D eigenvalue weighted by Crippen LogP contribution is -2.13. The van der Waals surface area contributed by atoms with Gasteiger partial charge in [-0.3, -0.25) is 9.59 Å². The summed E-state index contributed by atoms with van der Waals surface area (Å²) in [4.78, 5) is 23.4. The van der Waals surface area contributed by atoms with E-state index in [2.05, 4.69) is 10.6 Å². The van der Waals surface area contributed by atoms with Crippen LogP contribution >= 0.6 is 11.6 Å². The molecule has 2 aromatic rings. The van der Waals surface area contributed by atoms with Crippen LogP contribution in [-0.2, 0) is 4.79 Å². The van der Waals surface area contributed by atoms with Crippen molar-refractivity contribution in [3.05, 3.63) is 46.7 Å². The highest BCUT2D eigenvalue weighted by Crippen LogP contribution is 2.39. The number of rotatable bonds is 3. The van der Waals surface area contributed by atoms with Crippen LogP contribution in [0.25, 0.3) is 0 Å². The number of hydrogen-bond acceptors (Lipinski definition) is 4. The molecule has 3 rings (SSSR count). The summed E-state index contributed by atoms with van der Waals surface area (Å²) in [5.74, 6) is -0.710. The third-order valence-electron chi connectivity index (χ3n) is 3.22. The van der Waals surface area contributed by atoms with Crippen LogP contribution in [0.1, 0.15) is 17.3 Å². The SMILES string of the molecule is CC(=O)Nc1cc(NC(=O)c2cc(Cl)c3c(c2)OCO3)ccc1F. The van der Waals surface area contributed by atoms with E-state index in [1.165, 1.54) is 31.2 Å². The van der Waals surface area contributed by atoms with Gasteiger partial charge < -0.3 is 20.1 Å². The van der Waals surface area contributed by atoms with Crippen molar-refractivity contribution in [3.63, 3.8) is 0 Å². The van der Waals surface area contributed by atoms with Crippen molar-refractivity contribution in [1.82, 2.24) is 0 Å². The Hall–Kier alpha value is -2.80. The van der Waals surface area contributed by atoms with E-state index in [0.717, 1.165) is 6.07 Å². The Balaban J connectivity index is 1.83. The first-order valence-corrected chi connectivity index (χ1v) is 7.29. The molecule has 1 heterocycles. The van der Waals surface area contributed by atoms with Gasteiger partial charge in [-0.05, 0) is 30.3 Å². The second-order valence-electron chi connectivity index (χ2n) is 5.02. The van der Waals surface area contributed by atoms with E-state index in [1.54, 1.807) is 0 Å². The molecule has 0 saturated heterocycles. The lowest BCUT2D eigenvalue weighted by molar-refractivity contribution is -0.114. The maximum absolute atomic E-state index is 13.6. The first-order chi connectivity index (χ1) is 11.4. The van der Waals surface area contributed by atoms with Crippen LogP contribution in [-0.4, -0.2) is 18.6 Å². The molecule has 0 atom stereocenters. The van der Waals surface area contributed by atoms with Crippen LogP contribution in [0.2, 0.25) is 5.02 Å². The predicted molar refractivity (Wildman–Crippen MR) is 86.2 cm³/mol. The van der Waals surface area contributed by atoms with Crippen LogP contribution < -0.4 is 20.1 Å². The highest BCUT2D eigenvalue weighted by Gasteiger charge is 2.21. The van der Waals surface area contributed by atoms with Crippen LogP contribution in [0.4, 0.5) is 15.8 Å². The Labute approximate surface area is 141 Å². The van der Waals surface area contributed by atoms with E-state index in [0.29, 0.717) is 17.2 Å².